The third-order valence-corrected chi connectivity index (χ3v) is 4.03. The molecule has 0 radical (unpaired) electrons. The van der Waals surface area contributed by atoms with Gasteiger partial charge in [-0.05, 0) is 36.8 Å². The summed E-state index contributed by atoms with van der Waals surface area (Å²) in [6.07, 6.45) is 1.74. The fourth-order valence-corrected chi connectivity index (χ4v) is 2.69. The Labute approximate surface area is 162 Å². The van der Waals surface area contributed by atoms with E-state index in [2.05, 4.69) is 5.10 Å². The van der Waals surface area contributed by atoms with Crippen LogP contribution < -0.4 is 9.47 Å². The average Bonchev–Trinajstić information content (AvgIpc) is 3.17. The van der Waals surface area contributed by atoms with E-state index in [-0.39, 0.29) is 18.1 Å². The van der Waals surface area contributed by atoms with Crippen molar-refractivity contribution < 1.29 is 23.8 Å². The Morgan fingerprint density at radius 3 is 2.36 bits per heavy atom. The summed E-state index contributed by atoms with van der Waals surface area (Å²) >= 11 is 0. The highest BCUT2D eigenvalue weighted by Crippen LogP contribution is 2.34. The number of hydrogen-bond donors (Lipinski definition) is 0. The van der Waals surface area contributed by atoms with E-state index in [1.54, 1.807) is 36.2 Å². The molecule has 0 unspecified atom stereocenters. The SMILES string of the molecule is COc1ccc(-c2cn(-c3ccccc3)nc2C(=O)OCC(C)=O)cc1OC. The third-order valence-electron chi connectivity index (χ3n) is 4.03. The fraction of sp³-hybridized carbons (Fsp3) is 0.190. The summed E-state index contributed by atoms with van der Waals surface area (Å²) in [7, 11) is 3.09. The first-order chi connectivity index (χ1) is 13.5. The molecule has 144 valence electrons. The number of hydrogen-bond acceptors (Lipinski definition) is 6. The van der Waals surface area contributed by atoms with E-state index in [1.165, 1.54) is 14.0 Å². The van der Waals surface area contributed by atoms with Crippen LogP contribution in [0.25, 0.3) is 16.8 Å². The second-order valence-electron chi connectivity index (χ2n) is 6.02. The Morgan fingerprint density at radius 2 is 1.71 bits per heavy atom. The molecule has 0 saturated heterocycles. The maximum Gasteiger partial charge on any atom is 0.359 e. The predicted molar refractivity (Wildman–Crippen MR) is 103 cm³/mol. The molecule has 28 heavy (non-hydrogen) atoms. The minimum absolute atomic E-state index is 0.109. The lowest BCUT2D eigenvalue weighted by Gasteiger charge is -2.09. The molecule has 1 aromatic heterocycles. The molecular weight excluding hydrogens is 360 g/mol. The summed E-state index contributed by atoms with van der Waals surface area (Å²) in [5.41, 5.74) is 2.15. The summed E-state index contributed by atoms with van der Waals surface area (Å²) in [6, 6.07) is 14.7. The minimum Gasteiger partial charge on any atom is -0.493 e. The van der Waals surface area contributed by atoms with Crippen LogP contribution in [0.3, 0.4) is 0 Å². The molecule has 0 bridgehead atoms. The van der Waals surface area contributed by atoms with Gasteiger partial charge in [0.2, 0.25) is 0 Å². The number of ketones is 1. The monoisotopic (exact) mass is 380 g/mol. The van der Waals surface area contributed by atoms with E-state index in [9.17, 15) is 9.59 Å². The van der Waals surface area contributed by atoms with Crippen molar-refractivity contribution >= 4 is 11.8 Å². The molecule has 0 saturated carbocycles. The first-order valence-electron chi connectivity index (χ1n) is 8.57. The average molecular weight is 380 g/mol. The number of ether oxygens (including phenoxy) is 3. The van der Waals surface area contributed by atoms with Gasteiger partial charge in [-0.1, -0.05) is 24.3 Å². The molecule has 1 heterocycles. The lowest BCUT2D eigenvalue weighted by atomic mass is 10.1. The standard InChI is InChI=1S/C21H20N2O5/c1-14(24)13-28-21(25)20-17(12-23(22-20)16-7-5-4-6-8-16)15-9-10-18(26-2)19(11-15)27-3/h4-12H,13H2,1-3H3. The van der Waals surface area contributed by atoms with Crippen molar-refractivity contribution in [3.8, 4) is 28.3 Å². The zero-order valence-electron chi connectivity index (χ0n) is 15.8. The number of methoxy groups -OCH3 is 2. The highest BCUT2D eigenvalue weighted by molar-refractivity contribution is 5.96. The zero-order valence-corrected chi connectivity index (χ0v) is 15.8. The second kappa shape index (κ2) is 8.39. The van der Waals surface area contributed by atoms with Crippen LogP contribution in [0.5, 0.6) is 11.5 Å². The molecule has 7 heteroatoms. The Kier molecular flexibility index (Phi) is 5.74. The van der Waals surface area contributed by atoms with E-state index < -0.39 is 5.97 Å². The van der Waals surface area contributed by atoms with Gasteiger partial charge in [0, 0.05) is 11.8 Å². The minimum atomic E-state index is -0.672. The molecule has 0 atom stereocenters. The van der Waals surface area contributed by atoms with Crippen molar-refractivity contribution in [2.45, 2.75) is 6.92 Å². The van der Waals surface area contributed by atoms with Crippen LogP contribution >= 0.6 is 0 Å². The molecule has 0 spiro atoms. The smallest absolute Gasteiger partial charge is 0.359 e. The van der Waals surface area contributed by atoms with Gasteiger partial charge < -0.3 is 14.2 Å². The van der Waals surface area contributed by atoms with Gasteiger partial charge in [0.1, 0.15) is 6.61 Å². The largest absolute Gasteiger partial charge is 0.493 e. The Balaban J connectivity index is 2.09. The van der Waals surface area contributed by atoms with E-state index in [4.69, 9.17) is 14.2 Å². The summed E-state index contributed by atoms with van der Waals surface area (Å²) in [5.74, 6) is 0.177. The van der Waals surface area contributed by atoms with Crippen molar-refractivity contribution in [2.24, 2.45) is 0 Å². The molecule has 0 aliphatic heterocycles. The lowest BCUT2D eigenvalue weighted by Crippen LogP contribution is -2.13. The molecule has 2 aromatic carbocycles. The van der Waals surface area contributed by atoms with Crippen molar-refractivity contribution in [2.75, 3.05) is 20.8 Å². The normalized spacial score (nSPS) is 10.4. The van der Waals surface area contributed by atoms with E-state index in [1.807, 2.05) is 30.3 Å². The van der Waals surface area contributed by atoms with Crippen molar-refractivity contribution in [1.29, 1.82) is 0 Å². The summed E-state index contributed by atoms with van der Waals surface area (Å²) in [4.78, 5) is 23.7. The van der Waals surface area contributed by atoms with Crippen LogP contribution in [0.4, 0.5) is 0 Å². The van der Waals surface area contributed by atoms with Crippen molar-refractivity contribution in [3.63, 3.8) is 0 Å². The highest BCUT2D eigenvalue weighted by atomic mass is 16.5. The molecule has 3 rings (SSSR count). The molecule has 7 nitrogen and oxygen atoms in total. The topological polar surface area (TPSA) is 79.7 Å². The highest BCUT2D eigenvalue weighted by Gasteiger charge is 2.21. The molecule has 0 fully saturated rings. The first kappa shape index (κ1) is 19.2. The van der Waals surface area contributed by atoms with E-state index in [0.717, 1.165) is 5.69 Å². The van der Waals surface area contributed by atoms with Gasteiger partial charge in [-0.2, -0.15) is 5.10 Å². The summed E-state index contributed by atoms with van der Waals surface area (Å²) in [5, 5.41) is 4.39. The number of aromatic nitrogens is 2. The molecule has 0 N–H and O–H groups in total. The van der Waals surface area contributed by atoms with Gasteiger partial charge in [0.25, 0.3) is 0 Å². The predicted octanol–water partition coefficient (Wildman–Crippen LogP) is 3.30. The number of para-hydroxylation sites is 1. The van der Waals surface area contributed by atoms with Crippen LogP contribution in [0.1, 0.15) is 17.4 Å². The molecule has 0 aliphatic rings. The van der Waals surface area contributed by atoms with Crippen LogP contribution in [-0.4, -0.2) is 42.4 Å². The third kappa shape index (κ3) is 4.03. The van der Waals surface area contributed by atoms with Gasteiger partial charge in [0.05, 0.1) is 19.9 Å². The second-order valence-corrected chi connectivity index (χ2v) is 6.02. The van der Waals surface area contributed by atoms with Gasteiger partial charge in [-0.15, -0.1) is 0 Å². The van der Waals surface area contributed by atoms with Crippen LogP contribution in [0, 0.1) is 0 Å². The van der Waals surface area contributed by atoms with E-state index in [0.29, 0.717) is 22.6 Å². The molecule has 0 aliphatic carbocycles. The van der Waals surface area contributed by atoms with Crippen LogP contribution in [-0.2, 0) is 9.53 Å². The number of nitrogens with zero attached hydrogens (tertiary/aromatic N) is 2. The molecular formula is C21H20N2O5. The van der Waals surface area contributed by atoms with Crippen molar-refractivity contribution in [3.05, 3.63) is 60.4 Å². The van der Waals surface area contributed by atoms with Crippen molar-refractivity contribution in [1.82, 2.24) is 9.78 Å². The zero-order chi connectivity index (χ0) is 20.1. The number of carbonyl (C=O) groups excluding carboxylic acids is 2. The number of esters is 1. The lowest BCUT2D eigenvalue weighted by molar-refractivity contribution is -0.120. The first-order valence-corrected chi connectivity index (χ1v) is 8.57. The molecule has 0 amide bonds. The van der Waals surface area contributed by atoms with E-state index >= 15 is 0 Å². The Bertz CT molecular complexity index is 995. The van der Waals surface area contributed by atoms with Gasteiger partial charge >= 0.3 is 5.97 Å². The maximum absolute atomic E-state index is 12.6. The fourth-order valence-electron chi connectivity index (χ4n) is 2.69. The number of benzene rings is 2. The van der Waals surface area contributed by atoms with Gasteiger partial charge in [-0.25, -0.2) is 9.48 Å². The van der Waals surface area contributed by atoms with Crippen LogP contribution in [0.2, 0.25) is 0 Å². The van der Waals surface area contributed by atoms with Gasteiger partial charge in [-0.3, -0.25) is 4.79 Å². The Hall–Kier alpha value is -3.61. The van der Waals surface area contributed by atoms with Gasteiger partial charge in [0.15, 0.2) is 23.0 Å². The number of rotatable bonds is 7. The van der Waals surface area contributed by atoms with Crippen LogP contribution in [0.15, 0.2) is 54.7 Å². The quantitative estimate of drug-likeness (QED) is 0.585. The number of Topliss-reactive ketones (excluding diaryl/α,β-unsaturated/α-hetero) is 1. The Morgan fingerprint density at radius 1 is 1.00 bits per heavy atom. The maximum atomic E-state index is 12.6. The molecule has 3 aromatic rings. The summed E-state index contributed by atoms with van der Waals surface area (Å²) < 4.78 is 17.3. The summed E-state index contributed by atoms with van der Waals surface area (Å²) in [6.45, 7) is 1.05. The number of carbonyl (C=O) groups is 2.